The van der Waals surface area contributed by atoms with Gasteiger partial charge in [0.15, 0.2) is 0 Å². The SMILES string of the molecule is COc1ccc(Cn2cc([C@@H](CC(=O)N3CCOCC3)c3cccc(OCc4ccccc4)c3)c3ccccc32)cc1. The van der Waals surface area contributed by atoms with E-state index in [1.165, 1.54) is 5.56 Å². The molecule has 0 bridgehead atoms. The van der Waals surface area contributed by atoms with Crippen molar-refractivity contribution in [2.75, 3.05) is 33.4 Å². The molecule has 0 spiro atoms. The number of carbonyl (C=O) groups is 1. The number of methoxy groups -OCH3 is 1. The van der Waals surface area contributed by atoms with Crippen LogP contribution in [0.1, 0.15) is 34.6 Å². The molecule has 1 aliphatic rings. The Morgan fingerprint density at radius 2 is 1.60 bits per heavy atom. The molecule has 0 unspecified atom stereocenters. The smallest absolute Gasteiger partial charge is 0.223 e. The van der Waals surface area contributed by atoms with Gasteiger partial charge in [0.25, 0.3) is 0 Å². The number of fused-ring (bicyclic) bond motifs is 1. The molecule has 0 saturated carbocycles. The molecular formula is C36H36N2O4. The maximum absolute atomic E-state index is 13.7. The monoisotopic (exact) mass is 560 g/mol. The summed E-state index contributed by atoms with van der Waals surface area (Å²) < 4.78 is 19.4. The first-order valence-corrected chi connectivity index (χ1v) is 14.5. The summed E-state index contributed by atoms with van der Waals surface area (Å²) in [6, 6.07) is 35.0. The summed E-state index contributed by atoms with van der Waals surface area (Å²) in [4.78, 5) is 15.6. The molecule has 4 aromatic carbocycles. The summed E-state index contributed by atoms with van der Waals surface area (Å²) in [5.74, 6) is 1.64. The Hall–Kier alpha value is -4.55. The van der Waals surface area contributed by atoms with Crippen LogP contribution in [0.5, 0.6) is 11.5 Å². The van der Waals surface area contributed by atoms with Gasteiger partial charge in [0.2, 0.25) is 5.91 Å². The van der Waals surface area contributed by atoms with E-state index in [2.05, 4.69) is 71.4 Å². The van der Waals surface area contributed by atoms with Crippen molar-refractivity contribution in [3.8, 4) is 11.5 Å². The molecule has 5 aromatic rings. The molecule has 1 aliphatic heterocycles. The summed E-state index contributed by atoms with van der Waals surface area (Å²) in [5.41, 5.74) is 5.64. The van der Waals surface area contributed by atoms with Crippen molar-refractivity contribution in [2.24, 2.45) is 0 Å². The molecule has 0 N–H and O–H groups in total. The Kier molecular flexibility index (Phi) is 8.52. The van der Waals surface area contributed by atoms with Gasteiger partial charge in [0, 0.05) is 49.1 Å². The Bertz CT molecular complexity index is 1620. The van der Waals surface area contributed by atoms with Crippen LogP contribution in [0.15, 0.2) is 109 Å². The van der Waals surface area contributed by atoms with E-state index < -0.39 is 0 Å². The highest BCUT2D eigenvalue weighted by molar-refractivity contribution is 5.87. The van der Waals surface area contributed by atoms with Gasteiger partial charge in [-0.2, -0.15) is 0 Å². The van der Waals surface area contributed by atoms with Crippen LogP contribution in [0.3, 0.4) is 0 Å². The molecule has 0 aliphatic carbocycles. The molecule has 2 heterocycles. The van der Waals surface area contributed by atoms with Crippen molar-refractivity contribution >= 4 is 16.8 Å². The minimum Gasteiger partial charge on any atom is -0.497 e. The number of nitrogens with zero attached hydrogens (tertiary/aromatic N) is 2. The van der Waals surface area contributed by atoms with E-state index in [1.54, 1.807) is 7.11 Å². The molecule has 0 radical (unpaired) electrons. The van der Waals surface area contributed by atoms with E-state index in [0.29, 0.717) is 39.3 Å². The van der Waals surface area contributed by atoms with Crippen LogP contribution < -0.4 is 9.47 Å². The number of hydrogen-bond acceptors (Lipinski definition) is 4. The number of rotatable bonds is 10. The van der Waals surface area contributed by atoms with Gasteiger partial charge < -0.3 is 23.7 Å². The van der Waals surface area contributed by atoms with Crippen LogP contribution in [0.25, 0.3) is 10.9 Å². The Balaban J connectivity index is 1.36. The topological polar surface area (TPSA) is 52.9 Å². The van der Waals surface area contributed by atoms with Crippen molar-refractivity contribution in [1.29, 1.82) is 0 Å². The third-order valence-electron chi connectivity index (χ3n) is 7.96. The standard InChI is InChI=1S/C36H36N2O4/c1-40-30-16-14-27(15-17-30)24-38-25-34(32-12-5-6-13-35(32)38)33(23-36(39)37-18-20-41-21-19-37)29-10-7-11-31(22-29)42-26-28-8-3-2-4-9-28/h2-17,22,25,33H,18-21,23-24,26H2,1H3/t33-/m0/s1. The predicted octanol–water partition coefficient (Wildman–Crippen LogP) is 6.66. The van der Waals surface area contributed by atoms with Crippen LogP contribution in [0.2, 0.25) is 0 Å². The average molecular weight is 561 g/mol. The normalized spacial score (nSPS) is 14.1. The van der Waals surface area contributed by atoms with E-state index in [-0.39, 0.29) is 11.8 Å². The summed E-state index contributed by atoms with van der Waals surface area (Å²) in [6.07, 6.45) is 2.60. The average Bonchev–Trinajstić information content (AvgIpc) is 3.41. The van der Waals surface area contributed by atoms with Gasteiger partial charge in [-0.05, 0) is 52.6 Å². The first-order chi connectivity index (χ1) is 20.7. The molecule has 6 nitrogen and oxygen atoms in total. The molecule has 1 atom stereocenters. The van der Waals surface area contributed by atoms with E-state index >= 15 is 0 Å². The zero-order chi connectivity index (χ0) is 28.7. The van der Waals surface area contributed by atoms with Gasteiger partial charge in [0.1, 0.15) is 18.1 Å². The molecule has 1 saturated heterocycles. The fourth-order valence-electron chi connectivity index (χ4n) is 5.70. The number of carbonyl (C=O) groups excluding carboxylic acids is 1. The van der Waals surface area contributed by atoms with Gasteiger partial charge in [-0.3, -0.25) is 4.79 Å². The van der Waals surface area contributed by atoms with E-state index in [9.17, 15) is 4.79 Å². The first kappa shape index (κ1) is 27.6. The Morgan fingerprint density at radius 1 is 0.833 bits per heavy atom. The predicted molar refractivity (Wildman–Crippen MR) is 165 cm³/mol. The van der Waals surface area contributed by atoms with Crippen LogP contribution in [-0.4, -0.2) is 48.8 Å². The largest absolute Gasteiger partial charge is 0.497 e. The number of hydrogen-bond donors (Lipinski definition) is 0. The van der Waals surface area contributed by atoms with E-state index in [1.807, 2.05) is 47.4 Å². The maximum Gasteiger partial charge on any atom is 0.223 e. The molecule has 6 heteroatoms. The summed E-state index contributed by atoms with van der Waals surface area (Å²) in [5, 5.41) is 1.15. The molecule has 6 rings (SSSR count). The Morgan fingerprint density at radius 3 is 2.38 bits per heavy atom. The van der Waals surface area contributed by atoms with Crippen molar-refractivity contribution in [3.63, 3.8) is 0 Å². The highest BCUT2D eigenvalue weighted by atomic mass is 16.5. The summed E-state index contributed by atoms with van der Waals surface area (Å²) >= 11 is 0. The maximum atomic E-state index is 13.7. The lowest BCUT2D eigenvalue weighted by Gasteiger charge is -2.29. The lowest BCUT2D eigenvalue weighted by Crippen LogP contribution is -2.41. The number of para-hydroxylation sites is 1. The lowest BCUT2D eigenvalue weighted by molar-refractivity contribution is -0.135. The van der Waals surface area contributed by atoms with Crippen LogP contribution in [0.4, 0.5) is 0 Å². The third kappa shape index (κ3) is 6.34. The number of ether oxygens (including phenoxy) is 3. The van der Waals surface area contributed by atoms with Gasteiger partial charge >= 0.3 is 0 Å². The lowest BCUT2D eigenvalue weighted by atomic mass is 9.87. The number of benzene rings is 4. The molecule has 1 fully saturated rings. The highest BCUT2D eigenvalue weighted by Crippen LogP contribution is 2.37. The van der Waals surface area contributed by atoms with Gasteiger partial charge in [-0.15, -0.1) is 0 Å². The van der Waals surface area contributed by atoms with E-state index in [4.69, 9.17) is 14.2 Å². The number of aromatic nitrogens is 1. The Labute approximate surface area is 247 Å². The van der Waals surface area contributed by atoms with Crippen molar-refractivity contribution < 1.29 is 19.0 Å². The van der Waals surface area contributed by atoms with Crippen molar-refractivity contribution in [2.45, 2.75) is 25.5 Å². The fraction of sp³-hybridized carbons (Fsp3) is 0.250. The van der Waals surface area contributed by atoms with Gasteiger partial charge in [0.05, 0.1) is 20.3 Å². The van der Waals surface area contributed by atoms with Crippen molar-refractivity contribution in [1.82, 2.24) is 9.47 Å². The van der Waals surface area contributed by atoms with Crippen LogP contribution >= 0.6 is 0 Å². The number of morpholine rings is 1. The van der Waals surface area contributed by atoms with E-state index in [0.717, 1.165) is 45.6 Å². The zero-order valence-electron chi connectivity index (χ0n) is 23.9. The second-order valence-corrected chi connectivity index (χ2v) is 10.7. The quantitative estimate of drug-likeness (QED) is 0.192. The van der Waals surface area contributed by atoms with Gasteiger partial charge in [-0.1, -0.05) is 72.8 Å². The fourth-order valence-corrected chi connectivity index (χ4v) is 5.70. The minimum atomic E-state index is -0.136. The molecule has 214 valence electrons. The molecule has 1 amide bonds. The van der Waals surface area contributed by atoms with Gasteiger partial charge in [-0.25, -0.2) is 0 Å². The van der Waals surface area contributed by atoms with Crippen LogP contribution in [-0.2, 0) is 22.7 Å². The second kappa shape index (κ2) is 13.0. The molecular weight excluding hydrogens is 524 g/mol. The summed E-state index contributed by atoms with van der Waals surface area (Å²) in [6.45, 7) is 3.63. The van der Waals surface area contributed by atoms with Crippen LogP contribution in [0, 0.1) is 0 Å². The number of amides is 1. The second-order valence-electron chi connectivity index (χ2n) is 10.7. The summed E-state index contributed by atoms with van der Waals surface area (Å²) in [7, 11) is 1.68. The third-order valence-corrected chi connectivity index (χ3v) is 7.96. The zero-order valence-corrected chi connectivity index (χ0v) is 23.9. The molecule has 42 heavy (non-hydrogen) atoms. The minimum absolute atomic E-state index is 0.136. The van der Waals surface area contributed by atoms with Crippen molar-refractivity contribution in [3.05, 3.63) is 132 Å². The molecule has 1 aromatic heterocycles. The first-order valence-electron chi connectivity index (χ1n) is 14.5. The highest BCUT2D eigenvalue weighted by Gasteiger charge is 2.26.